The van der Waals surface area contributed by atoms with Crippen molar-refractivity contribution in [3.8, 4) is 5.75 Å². The zero-order valence-corrected chi connectivity index (χ0v) is 11.2. The van der Waals surface area contributed by atoms with Gasteiger partial charge in [0.25, 0.3) is 0 Å². The molecular formula is C15H15NO4. The number of nitrogens with zero attached hydrogens (tertiary/aromatic N) is 1. The van der Waals surface area contributed by atoms with E-state index in [0.717, 1.165) is 23.3 Å². The summed E-state index contributed by atoms with van der Waals surface area (Å²) < 4.78 is 15.8. The zero-order valence-electron chi connectivity index (χ0n) is 11.2. The highest BCUT2D eigenvalue weighted by Crippen LogP contribution is 2.30. The Morgan fingerprint density at radius 3 is 3.05 bits per heavy atom. The van der Waals surface area contributed by atoms with Crippen LogP contribution in [0.3, 0.4) is 0 Å². The maximum Gasteiger partial charge on any atom is 0.163 e. The molecule has 0 amide bonds. The molecule has 0 saturated heterocycles. The summed E-state index contributed by atoms with van der Waals surface area (Å²) in [5.41, 5.74) is 2.49. The average Bonchev–Trinajstić information content (AvgIpc) is 3.05. The predicted molar refractivity (Wildman–Crippen MR) is 70.6 cm³/mol. The van der Waals surface area contributed by atoms with E-state index in [4.69, 9.17) is 14.0 Å². The fourth-order valence-corrected chi connectivity index (χ4v) is 2.38. The number of Topliss-reactive ketones (excluding diaryl/α,β-unsaturated/α-hetero) is 1. The quantitative estimate of drug-likeness (QED) is 0.837. The van der Waals surface area contributed by atoms with Crippen molar-refractivity contribution in [2.24, 2.45) is 0 Å². The summed E-state index contributed by atoms with van der Waals surface area (Å²) in [5, 5.41) is 3.91. The minimum atomic E-state index is 0.189. The van der Waals surface area contributed by atoms with Crippen molar-refractivity contribution < 1.29 is 18.8 Å². The second kappa shape index (κ2) is 5.46. The van der Waals surface area contributed by atoms with E-state index in [1.165, 1.54) is 0 Å². The molecule has 0 unspecified atom stereocenters. The van der Waals surface area contributed by atoms with Crippen LogP contribution in [0.4, 0.5) is 0 Å². The first-order valence-electron chi connectivity index (χ1n) is 6.49. The summed E-state index contributed by atoms with van der Waals surface area (Å²) in [5.74, 6) is 1.61. The van der Waals surface area contributed by atoms with Gasteiger partial charge in [-0.2, -0.15) is 0 Å². The van der Waals surface area contributed by atoms with Crippen LogP contribution < -0.4 is 4.74 Å². The van der Waals surface area contributed by atoms with E-state index in [2.05, 4.69) is 5.16 Å². The molecule has 0 radical (unpaired) electrons. The third kappa shape index (κ3) is 2.44. The number of hydrogen-bond donors (Lipinski definition) is 0. The van der Waals surface area contributed by atoms with Crippen LogP contribution >= 0.6 is 0 Å². The van der Waals surface area contributed by atoms with Crippen molar-refractivity contribution >= 4 is 5.78 Å². The highest BCUT2D eigenvalue weighted by Gasteiger charge is 2.22. The predicted octanol–water partition coefficient (Wildman–Crippen LogP) is 2.53. The molecule has 0 N–H and O–H groups in total. The molecule has 1 aromatic heterocycles. The number of aromatic nitrogens is 1. The normalized spacial score (nSPS) is 13.6. The molecule has 0 aliphatic heterocycles. The number of carbonyl (C=O) groups excluding carboxylic acids is 1. The van der Waals surface area contributed by atoms with Crippen molar-refractivity contribution in [2.75, 3.05) is 7.11 Å². The third-order valence-corrected chi connectivity index (χ3v) is 3.31. The molecular weight excluding hydrogens is 258 g/mol. The van der Waals surface area contributed by atoms with Crippen LogP contribution in [0.1, 0.15) is 33.8 Å². The van der Waals surface area contributed by atoms with E-state index in [-0.39, 0.29) is 5.78 Å². The van der Waals surface area contributed by atoms with Crippen LogP contribution in [0.2, 0.25) is 0 Å². The first-order chi connectivity index (χ1) is 9.78. The van der Waals surface area contributed by atoms with Crippen LogP contribution in [0.5, 0.6) is 5.75 Å². The van der Waals surface area contributed by atoms with Gasteiger partial charge in [-0.05, 0) is 12.5 Å². The van der Waals surface area contributed by atoms with Crippen LogP contribution in [0.15, 0.2) is 28.8 Å². The molecule has 0 atom stereocenters. The van der Waals surface area contributed by atoms with E-state index >= 15 is 0 Å². The molecule has 5 nitrogen and oxygen atoms in total. The second-order valence-corrected chi connectivity index (χ2v) is 4.71. The van der Waals surface area contributed by atoms with Crippen molar-refractivity contribution in [1.82, 2.24) is 5.16 Å². The van der Waals surface area contributed by atoms with Crippen molar-refractivity contribution in [3.63, 3.8) is 0 Å². The number of rotatable bonds is 5. The van der Waals surface area contributed by atoms with Crippen LogP contribution in [0, 0.1) is 0 Å². The summed E-state index contributed by atoms with van der Waals surface area (Å²) in [6.45, 7) is 0.708. The average molecular weight is 273 g/mol. The largest absolute Gasteiger partial charge is 0.487 e. The topological polar surface area (TPSA) is 61.6 Å². The Kier molecular flexibility index (Phi) is 3.52. The molecule has 2 aromatic rings. The monoisotopic (exact) mass is 273 g/mol. The Bertz CT molecular complexity index is 633. The minimum absolute atomic E-state index is 0.189. The highest BCUT2D eigenvalue weighted by atomic mass is 16.5. The maximum atomic E-state index is 11.7. The Morgan fingerprint density at radius 2 is 2.20 bits per heavy atom. The Balaban J connectivity index is 1.71. The number of hydrogen-bond acceptors (Lipinski definition) is 5. The second-order valence-electron chi connectivity index (χ2n) is 4.71. The summed E-state index contributed by atoms with van der Waals surface area (Å²) in [6.07, 6.45) is 1.32. The summed E-state index contributed by atoms with van der Waals surface area (Å²) in [7, 11) is 1.60. The Hall–Kier alpha value is -2.14. The van der Waals surface area contributed by atoms with Gasteiger partial charge in [-0.25, -0.2) is 0 Å². The van der Waals surface area contributed by atoms with Crippen molar-refractivity contribution in [2.45, 2.75) is 26.1 Å². The fraction of sp³-hybridized carbons (Fsp3) is 0.333. The SMILES string of the molecule is COCc1cc(COc2cccc3c2CCC3=O)no1. The molecule has 1 heterocycles. The smallest absolute Gasteiger partial charge is 0.163 e. The number of carbonyl (C=O) groups is 1. The van der Waals surface area contributed by atoms with Crippen LogP contribution in [0.25, 0.3) is 0 Å². The lowest BCUT2D eigenvalue weighted by Gasteiger charge is -2.08. The highest BCUT2D eigenvalue weighted by molar-refractivity contribution is 6.01. The molecule has 3 rings (SSSR count). The van der Waals surface area contributed by atoms with E-state index in [0.29, 0.717) is 31.1 Å². The van der Waals surface area contributed by atoms with Gasteiger partial charge in [0, 0.05) is 30.7 Å². The van der Waals surface area contributed by atoms with Gasteiger partial charge in [0.1, 0.15) is 24.7 Å². The number of benzene rings is 1. The number of ketones is 1. The van der Waals surface area contributed by atoms with E-state index in [1.807, 2.05) is 18.2 Å². The number of fused-ring (bicyclic) bond motifs is 1. The van der Waals surface area contributed by atoms with Crippen molar-refractivity contribution in [1.29, 1.82) is 0 Å². The van der Waals surface area contributed by atoms with Gasteiger partial charge < -0.3 is 14.0 Å². The molecule has 104 valence electrons. The van der Waals surface area contributed by atoms with Gasteiger partial charge in [-0.15, -0.1) is 0 Å². The summed E-state index contributed by atoms with van der Waals surface area (Å²) >= 11 is 0. The first kappa shape index (κ1) is 12.9. The standard InChI is InChI=1S/C15H15NO4/c1-18-9-11-7-10(16-20-11)8-19-15-4-2-3-12-13(15)5-6-14(12)17/h2-4,7H,5-6,8-9H2,1H3. The molecule has 1 aromatic carbocycles. The fourth-order valence-electron chi connectivity index (χ4n) is 2.38. The molecule has 20 heavy (non-hydrogen) atoms. The van der Waals surface area contributed by atoms with Gasteiger partial charge in [0.15, 0.2) is 11.5 Å². The molecule has 0 spiro atoms. The first-order valence-corrected chi connectivity index (χ1v) is 6.49. The maximum absolute atomic E-state index is 11.7. The molecule has 0 bridgehead atoms. The summed E-state index contributed by atoms with van der Waals surface area (Å²) in [4.78, 5) is 11.7. The van der Waals surface area contributed by atoms with E-state index in [9.17, 15) is 4.79 Å². The van der Waals surface area contributed by atoms with E-state index in [1.54, 1.807) is 13.2 Å². The Morgan fingerprint density at radius 1 is 1.30 bits per heavy atom. The molecule has 0 fully saturated rings. The lowest BCUT2D eigenvalue weighted by atomic mass is 10.1. The van der Waals surface area contributed by atoms with Crippen LogP contribution in [-0.4, -0.2) is 18.0 Å². The zero-order chi connectivity index (χ0) is 13.9. The minimum Gasteiger partial charge on any atom is -0.487 e. The lowest BCUT2D eigenvalue weighted by Crippen LogP contribution is -1.99. The van der Waals surface area contributed by atoms with E-state index < -0.39 is 0 Å². The number of methoxy groups -OCH3 is 1. The third-order valence-electron chi connectivity index (χ3n) is 3.31. The van der Waals surface area contributed by atoms with Gasteiger partial charge in [-0.3, -0.25) is 4.79 Å². The Labute approximate surface area is 116 Å². The molecule has 5 heteroatoms. The van der Waals surface area contributed by atoms with Crippen molar-refractivity contribution in [3.05, 3.63) is 46.8 Å². The van der Waals surface area contributed by atoms with Crippen LogP contribution in [-0.2, 0) is 24.4 Å². The molecule has 0 saturated carbocycles. The summed E-state index contributed by atoms with van der Waals surface area (Å²) in [6, 6.07) is 7.38. The van der Waals surface area contributed by atoms with Gasteiger partial charge in [0.05, 0.1) is 0 Å². The van der Waals surface area contributed by atoms with Gasteiger partial charge in [-0.1, -0.05) is 17.3 Å². The lowest BCUT2D eigenvalue weighted by molar-refractivity contribution is 0.0994. The molecule has 1 aliphatic rings. The number of ether oxygens (including phenoxy) is 2. The van der Waals surface area contributed by atoms with Gasteiger partial charge in [0.2, 0.25) is 0 Å². The van der Waals surface area contributed by atoms with Gasteiger partial charge >= 0.3 is 0 Å². The molecule has 1 aliphatic carbocycles.